The Morgan fingerprint density at radius 2 is 2.15 bits per heavy atom. The van der Waals surface area contributed by atoms with Gasteiger partial charge in [0, 0.05) is 5.38 Å². The van der Waals surface area contributed by atoms with Crippen molar-refractivity contribution >= 4 is 28.8 Å². The molecule has 1 atom stereocenters. The van der Waals surface area contributed by atoms with Crippen molar-refractivity contribution in [1.29, 1.82) is 0 Å². The van der Waals surface area contributed by atoms with E-state index < -0.39 is 0 Å². The highest BCUT2D eigenvalue weighted by molar-refractivity contribution is 7.09. The first-order valence-electron chi connectivity index (χ1n) is 6.12. The first-order valence-corrected chi connectivity index (χ1v) is 7.54. The summed E-state index contributed by atoms with van der Waals surface area (Å²) in [7, 11) is 0. The quantitative estimate of drug-likeness (QED) is 0.859. The van der Waals surface area contributed by atoms with Gasteiger partial charge >= 0.3 is 0 Å². The van der Waals surface area contributed by atoms with E-state index in [1.54, 1.807) is 12.1 Å². The van der Waals surface area contributed by atoms with Crippen molar-refractivity contribution in [1.82, 2.24) is 10.3 Å². The van der Waals surface area contributed by atoms with Gasteiger partial charge in [-0.25, -0.2) is 9.37 Å². The minimum Gasteiger partial charge on any atom is -0.349 e. The van der Waals surface area contributed by atoms with Gasteiger partial charge in [0.05, 0.1) is 24.0 Å². The summed E-state index contributed by atoms with van der Waals surface area (Å²) in [6.45, 7) is 1.86. The number of alkyl halides is 1. The fraction of sp³-hybridized carbons (Fsp3) is 0.286. The van der Waals surface area contributed by atoms with E-state index in [1.807, 2.05) is 12.3 Å². The predicted molar refractivity (Wildman–Crippen MR) is 78.3 cm³/mol. The Bertz CT molecular complexity index is 585. The van der Waals surface area contributed by atoms with Gasteiger partial charge in [0.25, 0.3) is 0 Å². The third-order valence-electron chi connectivity index (χ3n) is 2.80. The normalized spacial score (nSPS) is 12.2. The van der Waals surface area contributed by atoms with Crippen molar-refractivity contribution < 1.29 is 9.18 Å². The van der Waals surface area contributed by atoms with Crippen LogP contribution < -0.4 is 5.32 Å². The lowest BCUT2D eigenvalue weighted by atomic mass is 10.1. The summed E-state index contributed by atoms with van der Waals surface area (Å²) in [4.78, 5) is 16.1. The Hall–Kier alpha value is -1.46. The van der Waals surface area contributed by atoms with Crippen LogP contribution in [0.5, 0.6) is 0 Å². The molecular weight excluding hydrogens is 299 g/mol. The topological polar surface area (TPSA) is 42.0 Å². The van der Waals surface area contributed by atoms with Crippen molar-refractivity contribution in [3.8, 4) is 0 Å². The molecule has 0 radical (unpaired) electrons. The Kier molecular flexibility index (Phi) is 5.09. The molecule has 1 amide bonds. The van der Waals surface area contributed by atoms with Gasteiger partial charge in [-0.05, 0) is 24.6 Å². The average molecular weight is 313 g/mol. The average Bonchev–Trinajstić information content (AvgIpc) is 2.86. The summed E-state index contributed by atoms with van der Waals surface area (Å²) in [5.74, 6) is -0.0506. The molecule has 3 nitrogen and oxygen atoms in total. The summed E-state index contributed by atoms with van der Waals surface area (Å²) in [5.41, 5.74) is 1.64. The number of amides is 1. The molecule has 0 bridgehead atoms. The van der Waals surface area contributed by atoms with Crippen LogP contribution in [-0.2, 0) is 17.1 Å². The number of thiazole rings is 1. The highest BCUT2D eigenvalue weighted by Gasteiger charge is 2.12. The van der Waals surface area contributed by atoms with Crippen molar-refractivity contribution in [2.24, 2.45) is 0 Å². The van der Waals surface area contributed by atoms with Crippen LogP contribution in [0.25, 0.3) is 0 Å². The monoisotopic (exact) mass is 312 g/mol. The van der Waals surface area contributed by atoms with Crippen LogP contribution in [0.1, 0.15) is 29.2 Å². The molecule has 6 heteroatoms. The number of rotatable bonds is 5. The minimum absolute atomic E-state index is 0.114. The van der Waals surface area contributed by atoms with E-state index in [9.17, 15) is 9.18 Å². The number of hydrogen-bond donors (Lipinski definition) is 1. The van der Waals surface area contributed by atoms with E-state index in [0.717, 1.165) is 16.3 Å². The standard InChI is InChI=1S/C14H14ClFN2OS/c1-9(10-2-4-11(16)5-3-10)17-13(19)6-14-18-12(7-15)8-20-14/h2-5,8-9H,6-7H2,1H3,(H,17,19). The molecule has 1 heterocycles. The van der Waals surface area contributed by atoms with Crippen molar-refractivity contribution in [2.75, 3.05) is 0 Å². The number of aromatic nitrogens is 1. The molecule has 2 aromatic rings. The lowest BCUT2D eigenvalue weighted by Crippen LogP contribution is -2.28. The largest absolute Gasteiger partial charge is 0.349 e. The van der Waals surface area contributed by atoms with Gasteiger partial charge in [-0.15, -0.1) is 22.9 Å². The minimum atomic E-state index is -0.288. The Morgan fingerprint density at radius 3 is 2.75 bits per heavy atom. The SMILES string of the molecule is CC(NC(=O)Cc1nc(CCl)cs1)c1ccc(F)cc1. The molecule has 1 unspecified atom stereocenters. The van der Waals surface area contributed by atoms with Gasteiger partial charge in [0.15, 0.2) is 0 Å². The number of carbonyl (C=O) groups excluding carboxylic acids is 1. The molecule has 0 aliphatic carbocycles. The summed E-state index contributed by atoms with van der Waals surface area (Å²) in [6, 6.07) is 5.91. The summed E-state index contributed by atoms with van der Waals surface area (Å²) < 4.78 is 12.8. The second-order valence-electron chi connectivity index (χ2n) is 4.38. The van der Waals surface area contributed by atoms with Crippen molar-refractivity contribution in [3.05, 3.63) is 51.7 Å². The third kappa shape index (κ3) is 4.02. The molecule has 20 heavy (non-hydrogen) atoms. The second kappa shape index (κ2) is 6.81. The highest BCUT2D eigenvalue weighted by Crippen LogP contribution is 2.15. The highest BCUT2D eigenvalue weighted by atomic mass is 35.5. The number of benzene rings is 1. The summed E-state index contributed by atoms with van der Waals surface area (Å²) in [5, 5.41) is 5.45. The van der Waals surface area contributed by atoms with Crippen LogP contribution in [0.2, 0.25) is 0 Å². The van der Waals surface area contributed by atoms with E-state index in [-0.39, 0.29) is 24.2 Å². The maximum absolute atomic E-state index is 12.8. The predicted octanol–water partition coefficient (Wildman–Crippen LogP) is 3.44. The van der Waals surface area contributed by atoms with Crippen LogP contribution in [0.3, 0.4) is 0 Å². The Morgan fingerprint density at radius 1 is 1.45 bits per heavy atom. The molecule has 1 aromatic heterocycles. The molecule has 0 aliphatic rings. The number of nitrogens with zero attached hydrogens (tertiary/aromatic N) is 1. The van der Waals surface area contributed by atoms with Crippen LogP contribution >= 0.6 is 22.9 Å². The Balaban J connectivity index is 1.92. The molecule has 0 fully saturated rings. The zero-order chi connectivity index (χ0) is 14.5. The number of halogens is 2. The zero-order valence-corrected chi connectivity index (χ0v) is 12.5. The van der Waals surface area contributed by atoms with E-state index in [1.165, 1.54) is 23.5 Å². The van der Waals surface area contributed by atoms with Crippen LogP contribution in [-0.4, -0.2) is 10.9 Å². The Labute approximate surface area is 125 Å². The van der Waals surface area contributed by atoms with Crippen LogP contribution in [0.15, 0.2) is 29.6 Å². The molecule has 0 saturated heterocycles. The molecule has 0 aliphatic heterocycles. The fourth-order valence-electron chi connectivity index (χ4n) is 1.76. The maximum Gasteiger partial charge on any atom is 0.227 e. The number of carbonyl (C=O) groups is 1. The van der Waals surface area contributed by atoms with Crippen LogP contribution in [0, 0.1) is 5.82 Å². The van der Waals surface area contributed by atoms with E-state index >= 15 is 0 Å². The maximum atomic E-state index is 12.8. The van der Waals surface area contributed by atoms with Gasteiger partial charge in [0.1, 0.15) is 10.8 Å². The second-order valence-corrected chi connectivity index (χ2v) is 5.59. The fourth-order valence-corrected chi connectivity index (χ4v) is 2.78. The van der Waals surface area contributed by atoms with Gasteiger partial charge in [-0.2, -0.15) is 0 Å². The molecule has 0 saturated carbocycles. The number of hydrogen-bond acceptors (Lipinski definition) is 3. The molecule has 1 aromatic carbocycles. The first kappa shape index (κ1) is 14.9. The zero-order valence-electron chi connectivity index (χ0n) is 10.9. The lowest BCUT2D eigenvalue weighted by molar-refractivity contribution is -0.121. The van der Waals surface area contributed by atoms with Gasteiger partial charge in [0.2, 0.25) is 5.91 Å². The lowest BCUT2D eigenvalue weighted by Gasteiger charge is -2.13. The van der Waals surface area contributed by atoms with E-state index in [4.69, 9.17) is 11.6 Å². The molecule has 0 spiro atoms. The molecule has 2 rings (SSSR count). The van der Waals surface area contributed by atoms with E-state index in [0.29, 0.717) is 5.88 Å². The molecule has 106 valence electrons. The van der Waals surface area contributed by atoms with Crippen LogP contribution in [0.4, 0.5) is 4.39 Å². The van der Waals surface area contributed by atoms with Gasteiger partial charge < -0.3 is 5.32 Å². The number of nitrogens with one attached hydrogen (secondary N) is 1. The summed E-state index contributed by atoms with van der Waals surface area (Å²) >= 11 is 7.09. The van der Waals surface area contributed by atoms with Crippen molar-refractivity contribution in [2.45, 2.75) is 25.3 Å². The van der Waals surface area contributed by atoms with Gasteiger partial charge in [-0.1, -0.05) is 12.1 Å². The first-order chi connectivity index (χ1) is 9.58. The van der Waals surface area contributed by atoms with Gasteiger partial charge in [-0.3, -0.25) is 4.79 Å². The van der Waals surface area contributed by atoms with E-state index in [2.05, 4.69) is 10.3 Å². The molecular formula is C14H14ClFN2OS. The summed E-state index contributed by atoms with van der Waals surface area (Å²) in [6.07, 6.45) is 0.229. The smallest absolute Gasteiger partial charge is 0.227 e. The third-order valence-corrected chi connectivity index (χ3v) is 3.97. The van der Waals surface area contributed by atoms with Crippen molar-refractivity contribution in [3.63, 3.8) is 0 Å². The molecule has 1 N–H and O–H groups in total.